The van der Waals surface area contributed by atoms with E-state index < -0.39 is 5.97 Å². The van der Waals surface area contributed by atoms with Crippen molar-refractivity contribution >= 4 is 23.2 Å². The number of carboxylic acids is 1. The van der Waals surface area contributed by atoms with Crippen molar-refractivity contribution in [2.75, 3.05) is 0 Å². The zero-order valence-electron chi connectivity index (χ0n) is 11.4. The predicted molar refractivity (Wildman–Crippen MR) is 75.2 cm³/mol. The van der Waals surface area contributed by atoms with Crippen LogP contribution in [0.5, 0.6) is 0 Å². The van der Waals surface area contributed by atoms with Crippen LogP contribution in [-0.4, -0.2) is 27.0 Å². The standard InChI is InChI=1S/C13H15N3O3S/c1-6-10(8(3)16-11(6)13(18)19)12(17)14-4-9-7(2)15-5-20-9/h5,16H,4H2,1-3H3,(H,14,17)(H,18,19). The number of H-pyrrole nitrogens is 1. The number of aromatic amines is 1. The summed E-state index contributed by atoms with van der Waals surface area (Å²) < 4.78 is 0. The predicted octanol–water partition coefficient (Wildman–Crippen LogP) is 2.02. The second-order valence-corrected chi connectivity index (χ2v) is 5.41. The quantitative estimate of drug-likeness (QED) is 0.803. The highest BCUT2D eigenvalue weighted by Crippen LogP contribution is 2.18. The minimum Gasteiger partial charge on any atom is -0.477 e. The number of nitrogens with zero attached hydrogens (tertiary/aromatic N) is 1. The summed E-state index contributed by atoms with van der Waals surface area (Å²) >= 11 is 1.48. The molecule has 20 heavy (non-hydrogen) atoms. The fraction of sp³-hybridized carbons (Fsp3) is 0.308. The van der Waals surface area contributed by atoms with Gasteiger partial charge in [0.2, 0.25) is 0 Å². The largest absolute Gasteiger partial charge is 0.477 e. The van der Waals surface area contributed by atoms with Crippen LogP contribution in [0, 0.1) is 20.8 Å². The van der Waals surface area contributed by atoms with Gasteiger partial charge in [-0.15, -0.1) is 11.3 Å². The van der Waals surface area contributed by atoms with Gasteiger partial charge >= 0.3 is 5.97 Å². The van der Waals surface area contributed by atoms with E-state index in [1.54, 1.807) is 19.4 Å². The molecule has 2 heterocycles. The number of amides is 1. The average molecular weight is 293 g/mol. The molecule has 2 aromatic rings. The zero-order valence-corrected chi connectivity index (χ0v) is 12.2. The van der Waals surface area contributed by atoms with E-state index in [0.717, 1.165) is 10.6 Å². The summed E-state index contributed by atoms with van der Waals surface area (Å²) in [5.41, 5.74) is 4.08. The first-order valence-electron chi connectivity index (χ1n) is 6.01. The zero-order chi connectivity index (χ0) is 14.9. The highest BCUT2D eigenvalue weighted by atomic mass is 32.1. The first kappa shape index (κ1) is 14.3. The SMILES string of the molecule is Cc1ncsc1CNC(=O)c1c(C)[nH]c(C(=O)O)c1C. The molecule has 0 atom stereocenters. The van der Waals surface area contributed by atoms with Crippen molar-refractivity contribution in [3.63, 3.8) is 0 Å². The van der Waals surface area contributed by atoms with Gasteiger partial charge in [0.05, 0.1) is 23.3 Å². The van der Waals surface area contributed by atoms with Crippen molar-refractivity contribution < 1.29 is 14.7 Å². The molecule has 106 valence electrons. The maximum Gasteiger partial charge on any atom is 0.352 e. The van der Waals surface area contributed by atoms with E-state index in [9.17, 15) is 9.59 Å². The number of hydrogen-bond donors (Lipinski definition) is 3. The molecule has 0 aliphatic rings. The van der Waals surface area contributed by atoms with Crippen LogP contribution in [0.2, 0.25) is 0 Å². The van der Waals surface area contributed by atoms with Gasteiger partial charge in [-0.25, -0.2) is 9.78 Å². The molecule has 0 fully saturated rings. The Bertz CT molecular complexity index is 672. The van der Waals surface area contributed by atoms with Crippen LogP contribution in [0.15, 0.2) is 5.51 Å². The number of carbonyl (C=O) groups excluding carboxylic acids is 1. The smallest absolute Gasteiger partial charge is 0.352 e. The molecule has 2 rings (SSSR count). The van der Waals surface area contributed by atoms with Gasteiger partial charge in [-0.3, -0.25) is 4.79 Å². The number of aryl methyl sites for hydroxylation is 2. The number of aromatic nitrogens is 2. The monoisotopic (exact) mass is 293 g/mol. The topological polar surface area (TPSA) is 95.1 Å². The van der Waals surface area contributed by atoms with Crippen LogP contribution in [-0.2, 0) is 6.54 Å². The molecule has 3 N–H and O–H groups in total. The Morgan fingerprint density at radius 2 is 2.10 bits per heavy atom. The van der Waals surface area contributed by atoms with Crippen molar-refractivity contribution in [2.24, 2.45) is 0 Å². The number of carboxylic acid groups (broad SMARTS) is 1. The van der Waals surface area contributed by atoms with E-state index in [0.29, 0.717) is 23.4 Å². The molecule has 0 unspecified atom stereocenters. The minimum absolute atomic E-state index is 0.0571. The van der Waals surface area contributed by atoms with Gasteiger partial charge in [-0.2, -0.15) is 0 Å². The highest BCUT2D eigenvalue weighted by Gasteiger charge is 2.21. The lowest BCUT2D eigenvalue weighted by molar-refractivity contribution is 0.0690. The molecular formula is C13H15N3O3S. The Kier molecular flexibility index (Phi) is 3.89. The van der Waals surface area contributed by atoms with E-state index in [4.69, 9.17) is 5.11 Å². The molecule has 6 nitrogen and oxygen atoms in total. The molecule has 7 heteroatoms. The summed E-state index contributed by atoms with van der Waals surface area (Å²) in [4.78, 5) is 31.0. The molecule has 0 saturated carbocycles. The van der Waals surface area contributed by atoms with Crippen LogP contribution in [0.3, 0.4) is 0 Å². The Balaban J connectivity index is 2.18. The van der Waals surface area contributed by atoms with E-state index in [2.05, 4.69) is 15.3 Å². The molecule has 0 bridgehead atoms. The Morgan fingerprint density at radius 1 is 1.40 bits per heavy atom. The maximum atomic E-state index is 12.2. The van der Waals surface area contributed by atoms with Gasteiger partial charge < -0.3 is 15.4 Å². The third-order valence-corrected chi connectivity index (χ3v) is 4.07. The number of hydrogen-bond acceptors (Lipinski definition) is 4. The minimum atomic E-state index is -1.07. The summed E-state index contributed by atoms with van der Waals surface area (Å²) in [5, 5.41) is 11.8. The molecular weight excluding hydrogens is 278 g/mol. The van der Waals surface area contributed by atoms with Gasteiger partial charge in [-0.1, -0.05) is 0 Å². The number of thiazole rings is 1. The number of aromatic carboxylic acids is 1. The highest BCUT2D eigenvalue weighted by molar-refractivity contribution is 7.09. The van der Waals surface area contributed by atoms with E-state index in [-0.39, 0.29) is 11.6 Å². The molecule has 0 spiro atoms. The van der Waals surface area contributed by atoms with Crippen LogP contribution in [0.4, 0.5) is 0 Å². The first-order chi connectivity index (χ1) is 9.41. The summed E-state index contributed by atoms with van der Waals surface area (Å²) in [6.45, 7) is 5.58. The normalized spacial score (nSPS) is 10.6. The molecule has 0 saturated heterocycles. The third kappa shape index (κ3) is 2.57. The summed E-state index contributed by atoms with van der Waals surface area (Å²) in [5.74, 6) is -1.35. The fourth-order valence-corrected chi connectivity index (χ4v) is 2.77. The van der Waals surface area contributed by atoms with Crippen molar-refractivity contribution in [1.29, 1.82) is 0 Å². The molecule has 2 aromatic heterocycles. The average Bonchev–Trinajstić information content (AvgIpc) is 2.90. The third-order valence-electron chi connectivity index (χ3n) is 3.13. The van der Waals surface area contributed by atoms with Crippen molar-refractivity contribution in [1.82, 2.24) is 15.3 Å². The van der Waals surface area contributed by atoms with Gasteiger partial charge in [-0.05, 0) is 26.3 Å². The lowest BCUT2D eigenvalue weighted by Crippen LogP contribution is -2.23. The first-order valence-corrected chi connectivity index (χ1v) is 6.89. The Morgan fingerprint density at radius 3 is 2.60 bits per heavy atom. The van der Waals surface area contributed by atoms with Crippen LogP contribution < -0.4 is 5.32 Å². The fourth-order valence-electron chi connectivity index (χ4n) is 2.05. The van der Waals surface area contributed by atoms with Gasteiger partial charge in [0.25, 0.3) is 5.91 Å². The maximum absolute atomic E-state index is 12.2. The lowest BCUT2D eigenvalue weighted by Gasteiger charge is -2.05. The number of rotatable bonds is 4. The van der Waals surface area contributed by atoms with Crippen molar-refractivity contribution in [2.45, 2.75) is 27.3 Å². The van der Waals surface area contributed by atoms with E-state index in [1.807, 2.05) is 6.92 Å². The molecule has 1 amide bonds. The van der Waals surface area contributed by atoms with Crippen LogP contribution in [0.1, 0.15) is 42.7 Å². The lowest BCUT2D eigenvalue weighted by atomic mass is 10.1. The summed E-state index contributed by atoms with van der Waals surface area (Å²) in [6.07, 6.45) is 0. The van der Waals surface area contributed by atoms with Gasteiger partial charge in [0.1, 0.15) is 5.69 Å². The van der Waals surface area contributed by atoms with Gasteiger partial charge in [0.15, 0.2) is 0 Å². The molecule has 0 aliphatic carbocycles. The van der Waals surface area contributed by atoms with E-state index in [1.165, 1.54) is 11.3 Å². The second kappa shape index (κ2) is 5.46. The van der Waals surface area contributed by atoms with Crippen molar-refractivity contribution in [3.05, 3.63) is 38.6 Å². The summed E-state index contributed by atoms with van der Waals surface area (Å²) in [7, 11) is 0. The summed E-state index contributed by atoms with van der Waals surface area (Å²) in [6, 6.07) is 0. The Hall–Kier alpha value is -2.15. The van der Waals surface area contributed by atoms with Gasteiger partial charge in [0, 0.05) is 10.6 Å². The van der Waals surface area contributed by atoms with Crippen molar-refractivity contribution in [3.8, 4) is 0 Å². The Labute approximate surface area is 119 Å². The molecule has 0 aliphatic heterocycles. The second-order valence-electron chi connectivity index (χ2n) is 4.47. The number of nitrogens with one attached hydrogen (secondary N) is 2. The molecule has 0 radical (unpaired) electrons. The molecule has 0 aromatic carbocycles. The number of carbonyl (C=O) groups is 2. The van der Waals surface area contributed by atoms with Crippen LogP contribution >= 0.6 is 11.3 Å². The van der Waals surface area contributed by atoms with Crippen LogP contribution in [0.25, 0.3) is 0 Å². The van der Waals surface area contributed by atoms with E-state index >= 15 is 0 Å².